The molecule has 1 aromatic carbocycles. The van der Waals surface area contributed by atoms with Crippen molar-refractivity contribution in [3.8, 4) is 10.6 Å². The monoisotopic (exact) mass is 369 g/mol. The van der Waals surface area contributed by atoms with E-state index in [9.17, 15) is 0 Å². The van der Waals surface area contributed by atoms with Gasteiger partial charge in [-0.1, -0.05) is 70.2 Å². The van der Waals surface area contributed by atoms with Crippen LogP contribution < -0.4 is 0 Å². The summed E-state index contributed by atoms with van der Waals surface area (Å²) in [5.41, 5.74) is 2.76. The first-order chi connectivity index (χ1) is 12.8. The van der Waals surface area contributed by atoms with Crippen molar-refractivity contribution in [2.45, 2.75) is 90.4 Å². The van der Waals surface area contributed by atoms with Crippen molar-refractivity contribution in [1.29, 1.82) is 0 Å². The summed E-state index contributed by atoms with van der Waals surface area (Å²) in [5.74, 6) is 1.74. The first-order valence-corrected chi connectivity index (χ1v) is 11.7. The number of benzene rings is 1. The summed E-state index contributed by atoms with van der Waals surface area (Å²) in [7, 11) is 0. The molecule has 1 nitrogen and oxygen atoms in total. The van der Waals surface area contributed by atoms with Crippen molar-refractivity contribution < 1.29 is 0 Å². The van der Waals surface area contributed by atoms with Gasteiger partial charge in [-0.2, -0.15) is 0 Å². The van der Waals surface area contributed by atoms with E-state index in [0.29, 0.717) is 0 Å². The second kappa shape index (κ2) is 10.3. The topological polar surface area (TPSA) is 12.9 Å². The zero-order valence-corrected chi connectivity index (χ0v) is 17.5. The Hall–Kier alpha value is -1.15. The Morgan fingerprint density at radius 3 is 2.38 bits per heavy atom. The molecule has 0 radical (unpaired) electrons. The highest BCUT2D eigenvalue weighted by atomic mass is 32.1. The van der Waals surface area contributed by atoms with Crippen LogP contribution in [0.1, 0.15) is 94.4 Å². The Bertz CT molecular complexity index is 634. The molecule has 0 N–H and O–H groups in total. The van der Waals surface area contributed by atoms with Crippen LogP contribution in [0.4, 0.5) is 0 Å². The summed E-state index contributed by atoms with van der Waals surface area (Å²) >= 11 is 1.93. The molecular weight excluding hydrogens is 334 g/mol. The molecule has 0 spiro atoms. The largest absolute Gasteiger partial charge is 0.244 e. The molecule has 1 heterocycles. The van der Waals surface area contributed by atoms with Crippen LogP contribution >= 0.6 is 11.3 Å². The number of rotatable bonds is 9. The summed E-state index contributed by atoms with van der Waals surface area (Å²) in [5, 5.41) is 1.20. The van der Waals surface area contributed by atoms with Gasteiger partial charge in [-0.05, 0) is 55.9 Å². The lowest BCUT2D eigenvalue weighted by Crippen LogP contribution is -2.12. The predicted octanol–water partition coefficient (Wildman–Crippen LogP) is 8.01. The van der Waals surface area contributed by atoms with Gasteiger partial charge in [0.15, 0.2) is 0 Å². The fourth-order valence-electron chi connectivity index (χ4n) is 4.32. The molecule has 0 aliphatic heterocycles. The summed E-state index contributed by atoms with van der Waals surface area (Å²) in [6.45, 7) is 4.59. The molecule has 0 amide bonds. The van der Waals surface area contributed by atoms with Crippen molar-refractivity contribution in [1.82, 2.24) is 4.98 Å². The predicted molar refractivity (Wildman–Crippen MR) is 115 cm³/mol. The molecule has 1 aliphatic carbocycles. The molecule has 0 unspecified atom stereocenters. The highest BCUT2D eigenvalue weighted by Gasteiger charge is 2.23. The van der Waals surface area contributed by atoms with Crippen LogP contribution in [0, 0.1) is 5.92 Å². The number of aryl methyl sites for hydroxylation is 1. The average Bonchev–Trinajstić information content (AvgIpc) is 3.17. The standard InChI is InChI=1S/C24H35NS/c1-3-5-6-7-9-20-12-16-22(17-13-20)24-25-18-23(26-24)21-14-10-19(8-4-2)11-15-21/h12-13,16-19,21H,3-11,14-15H2,1-2H3. The summed E-state index contributed by atoms with van der Waals surface area (Å²) in [4.78, 5) is 6.26. The van der Waals surface area contributed by atoms with Gasteiger partial charge in [0, 0.05) is 16.6 Å². The molecule has 1 fully saturated rings. The van der Waals surface area contributed by atoms with E-state index in [-0.39, 0.29) is 0 Å². The van der Waals surface area contributed by atoms with Gasteiger partial charge >= 0.3 is 0 Å². The Balaban J connectivity index is 1.54. The third kappa shape index (κ3) is 5.42. The highest BCUT2D eigenvalue weighted by Crippen LogP contribution is 2.40. The molecule has 0 atom stereocenters. The van der Waals surface area contributed by atoms with Gasteiger partial charge < -0.3 is 0 Å². The molecule has 1 aromatic heterocycles. The Morgan fingerprint density at radius 2 is 1.69 bits per heavy atom. The molecule has 2 heteroatoms. The van der Waals surface area contributed by atoms with Crippen molar-refractivity contribution in [2.75, 3.05) is 0 Å². The van der Waals surface area contributed by atoms with Crippen molar-refractivity contribution >= 4 is 11.3 Å². The van der Waals surface area contributed by atoms with E-state index < -0.39 is 0 Å². The fraction of sp³-hybridized carbons (Fsp3) is 0.625. The van der Waals surface area contributed by atoms with Gasteiger partial charge in [0.1, 0.15) is 5.01 Å². The van der Waals surface area contributed by atoms with Gasteiger partial charge in [-0.15, -0.1) is 11.3 Å². The molecule has 1 saturated carbocycles. The van der Waals surface area contributed by atoms with Crippen molar-refractivity contribution in [3.63, 3.8) is 0 Å². The smallest absolute Gasteiger partial charge is 0.123 e. The molecule has 142 valence electrons. The zero-order chi connectivity index (χ0) is 18.2. The van der Waals surface area contributed by atoms with E-state index in [0.717, 1.165) is 11.8 Å². The summed E-state index contributed by atoms with van der Waals surface area (Å²) in [6, 6.07) is 9.16. The molecular formula is C24H35NS. The number of hydrogen-bond donors (Lipinski definition) is 0. The molecule has 1 aliphatic rings. The molecule has 2 aromatic rings. The molecule has 0 bridgehead atoms. The van der Waals surface area contributed by atoms with Gasteiger partial charge in [-0.25, -0.2) is 4.98 Å². The maximum Gasteiger partial charge on any atom is 0.123 e. The average molecular weight is 370 g/mol. The van der Waals surface area contributed by atoms with Crippen molar-refractivity contribution in [3.05, 3.63) is 40.9 Å². The lowest BCUT2D eigenvalue weighted by molar-refractivity contribution is 0.310. The minimum absolute atomic E-state index is 0.757. The molecule has 3 rings (SSSR count). The lowest BCUT2D eigenvalue weighted by atomic mass is 9.80. The van der Waals surface area contributed by atoms with Crippen LogP contribution in [0.2, 0.25) is 0 Å². The minimum atomic E-state index is 0.757. The number of nitrogens with zero attached hydrogens (tertiary/aromatic N) is 1. The van der Waals surface area contributed by atoms with E-state index in [4.69, 9.17) is 4.98 Å². The summed E-state index contributed by atoms with van der Waals surface area (Å²) in [6.07, 6.45) is 17.0. The quantitative estimate of drug-likeness (QED) is 0.408. The van der Waals surface area contributed by atoms with Crippen molar-refractivity contribution in [2.24, 2.45) is 5.92 Å². The van der Waals surface area contributed by atoms with Crippen LogP contribution in [0.3, 0.4) is 0 Å². The van der Waals surface area contributed by atoms with E-state index in [2.05, 4.69) is 44.3 Å². The second-order valence-electron chi connectivity index (χ2n) is 8.08. The Kier molecular flexibility index (Phi) is 7.73. The maximum atomic E-state index is 4.75. The van der Waals surface area contributed by atoms with Gasteiger partial charge in [-0.3, -0.25) is 0 Å². The second-order valence-corrected chi connectivity index (χ2v) is 9.14. The van der Waals surface area contributed by atoms with Gasteiger partial charge in [0.2, 0.25) is 0 Å². The minimum Gasteiger partial charge on any atom is -0.244 e. The van der Waals surface area contributed by atoms with Gasteiger partial charge in [0.25, 0.3) is 0 Å². The number of aromatic nitrogens is 1. The first kappa shape index (κ1) is 19.6. The molecule has 0 saturated heterocycles. The SMILES string of the molecule is CCCCCCc1ccc(-c2ncc(C3CCC(CCC)CC3)s2)cc1. The third-order valence-electron chi connectivity index (χ3n) is 5.99. The normalized spacial score (nSPS) is 20.4. The van der Waals surface area contributed by atoms with Crippen LogP contribution in [0.5, 0.6) is 0 Å². The zero-order valence-electron chi connectivity index (χ0n) is 16.7. The van der Waals surface area contributed by atoms with Gasteiger partial charge in [0.05, 0.1) is 0 Å². The summed E-state index contributed by atoms with van der Waals surface area (Å²) < 4.78 is 0. The fourth-order valence-corrected chi connectivity index (χ4v) is 5.41. The maximum absolute atomic E-state index is 4.75. The van der Waals surface area contributed by atoms with Crippen LogP contribution in [0.15, 0.2) is 30.5 Å². The number of thiazole rings is 1. The van der Waals surface area contributed by atoms with E-state index in [1.165, 1.54) is 91.6 Å². The highest BCUT2D eigenvalue weighted by molar-refractivity contribution is 7.15. The number of hydrogen-bond acceptors (Lipinski definition) is 2. The Labute approximate surface area is 164 Å². The van der Waals surface area contributed by atoms with Crippen LogP contribution in [0.25, 0.3) is 10.6 Å². The van der Waals surface area contributed by atoms with Crippen LogP contribution in [-0.4, -0.2) is 4.98 Å². The van der Waals surface area contributed by atoms with E-state index in [1.54, 1.807) is 0 Å². The Morgan fingerprint density at radius 1 is 0.923 bits per heavy atom. The first-order valence-electron chi connectivity index (χ1n) is 10.8. The molecule has 26 heavy (non-hydrogen) atoms. The van der Waals surface area contributed by atoms with Crippen LogP contribution in [-0.2, 0) is 6.42 Å². The lowest BCUT2D eigenvalue weighted by Gasteiger charge is -2.27. The number of unbranched alkanes of at least 4 members (excludes halogenated alkanes) is 3. The third-order valence-corrected chi connectivity index (χ3v) is 7.20. The van der Waals surface area contributed by atoms with E-state index in [1.807, 2.05) is 11.3 Å². The van der Waals surface area contributed by atoms with E-state index >= 15 is 0 Å².